The van der Waals surface area contributed by atoms with Crippen molar-refractivity contribution in [3.8, 4) is 5.75 Å². The normalized spacial score (nSPS) is 10.3. The van der Waals surface area contributed by atoms with Gasteiger partial charge in [0.25, 0.3) is 0 Å². The summed E-state index contributed by atoms with van der Waals surface area (Å²) in [5.74, 6) is 1.25. The largest absolute Gasteiger partial charge is 0.495 e. The fourth-order valence-corrected chi connectivity index (χ4v) is 2.29. The van der Waals surface area contributed by atoms with Crippen molar-refractivity contribution in [2.75, 3.05) is 12.4 Å². The molecular weight excluding hydrogens is 284 g/mol. The van der Waals surface area contributed by atoms with Crippen molar-refractivity contribution in [1.82, 2.24) is 10.2 Å². The van der Waals surface area contributed by atoms with E-state index in [4.69, 9.17) is 22.7 Å². The summed E-state index contributed by atoms with van der Waals surface area (Å²) in [4.78, 5) is 0.291. The lowest BCUT2D eigenvalue weighted by Crippen LogP contribution is -2.17. The number of methoxy groups -OCH3 is 1. The van der Waals surface area contributed by atoms with Gasteiger partial charge in [0, 0.05) is 0 Å². The summed E-state index contributed by atoms with van der Waals surface area (Å²) in [7, 11) is 1.62. The van der Waals surface area contributed by atoms with E-state index >= 15 is 0 Å². The van der Waals surface area contributed by atoms with E-state index in [0.717, 1.165) is 28.3 Å². The van der Waals surface area contributed by atoms with Gasteiger partial charge in [-0.1, -0.05) is 18.3 Å². The highest BCUT2D eigenvalue weighted by Crippen LogP contribution is 2.30. The molecule has 0 unspecified atom stereocenters. The van der Waals surface area contributed by atoms with E-state index in [0.29, 0.717) is 16.4 Å². The standard InChI is InChI=1S/C15H18N4OS/c1-8-5-6-12(20-4)11(7-8)17-15-13(14(16)21)9(2)10(3)18-19-15/h5-7H,1-4H3,(H2,16,21)(H,17,19). The molecule has 0 aliphatic carbocycles. The van der Waals surface area contributed by atoms with Crippen LogP contribution in [0.5, 0.6) is 5.75 Å². The molecule has 0 aliphatic rings. The van der Waals surface area contributed by atoms with Crippen molar-refractivity contribution in [3.63, 3.8) is 0 Å². The molecule has 0 saturated heterocycles. The van der Waals surface area contributed by atoms with Crippen molar-refractivity contribution < 1.29 is 4.74 Å². The number of aryl methyl sites for hydroxylation is 2. The number of thiocarbonyl (C=S) groups is 1. The molecular formula is C15H18N4OS. The number of nitrogens with zero attached hydrogens (tertiary/aromatic N) is 2. The Labute approximate surface area is 129 Å². The van der Waals surface area contributed by atoms with Crippen LogP contribution in [0.2, 0.25) is 0 Å². The van der Waals surface area contributed by atoms with Crippen LogP contribution in [0, 0.1) is 20.8 Å². The Bertz CT molecular complexity index is 700. The van der Waals surface area contributed by atoms with Crippen LogP contribution in [0.1, 0.15) is 22.4 Å². The Balaban J connectivity index is 2.52. The summed E-state index contributed by atoms with van der Waals surface area (Å²) in [6, 6.07) is 5.84. The molecule has 0 atom stereocenters. The zero-order valence-electron chi connectivity index (χ0n) is 12.5. The van der Waals surface area contributed by atoms with Crippen molar-refractivity contribution in [2.45, 2.75) is 20.8 Å². The molecule has 0 radical (unpaired) electrons. The number of ether oxygens (including phenoxy) is 1. The fraction of sp³-hybridized carbons (Fsp3) is 0.267. The average molecular weight is 302 g/mol. The summed E-state index contributed by atoms with van der Waals surface area (Å²) >= 11 is 5.14. The third-order valence-corrected chi connectivity index (χ3v) is 3.51. The van der Waals surface area contributed by atoms with Gasteiger partial charge in [-0.15, -0.1) is 5.10 Å². The Morgan fingerprint density at radius 3 is 2.57 bits per heavy atom. The van der Waals surface area contributed by atoms with Crippen LogP contribution < -0.4 is 15.8 Å². The summed E-state index contributed by atoms with van der Waals surface area (Å²) in [5.41, 5.74) is 10.2. The molecule has 0 saturated carbocycles. The first kappa shape index (κ1) is 15.2. The first-order valence-corrected chi connectivity index (χ1v) is 6.90. The van der Waals surface area contributed by atoms with E-state index in [1.807, 2.05) is 39.0 Å². The minimum Gasteiger partial charge on any atom is -0.495 e. The summed E-state index contributed by atoms with van der Waals surface area (Å²) in [5, 5.41) is 11.5. The predicted octanol–water partition coefficient (Wildman–Crippen LogP) is 2.79. The van der Waals surface area contributed by atoms with Crippen LogP contribution in [0.25, 0.3) is 0 Å². The highest BCUT2D eigenvalue weighted by molar-refractivity contribution is 7.80. The molecule has 0 aliphatic heterocycles. The minimum absolute atomic E-state index is 0.291. The summed E-state index contributed by atoms with van der Waals surface area (Å²) in [6.45, 7) is 5.81. The van der Waals surface area contributed by atoms with Gasteiger partial charge in [-0.25, -0.2) is 0 Å². The number of nitrogens with one attached hydrogen (secondary N) is 1. The van der Waals surface area contributed by atoms with Crippen LogP contribution in [0.4, 0.5) is 11.5 Å². The van der Waals surface area contributed by atoms with E-state index in [1.54, 1.807) is 7.11 Å². The lowest BCUT2D eigenvalue weighted by atomic mass is 10.1. The van der Waals surface area contributed by atoms with Gasteiger partial charge in [0.05, 0.1) is 24.1 Å². The molecule has 0 spiro atoms. The number of benzene rings is 1. The molecule has 3 N–H and O–H groups in total. The van der Waals surface area contributed by atoms with Crippen LogP contribution in [0.15, 0.2) is 18.2 Å². The molecule has 0 bridgehead atoms. The Morgan fingerprint density at radius 2 is 1.95 bits per heavy atom. The van der Waals surface area contributed by atoms with Gasteiger partial charge in [0.15, 0.2) is 5.82 Å². The molecule has 5 nitrogen and oxygen atoms in total. The van der Waals surface area contributed by atoms with E-state index in [-0.39, 0.29) is 0 Å². The van der Waals surface area contributed by atoms with Crippen LogP contribution in [0.3, 0.4) is 0 Å². The maximum atomic E-state index is 5.83. The third kappa shape index (κ3) is 3.11. The summed E-state index contributed by atoms with van der Waals surface area (Å²) in [6.07, 6.45) is 0. The number of rotatable bonds is 4. The Hall–Kier alpha value is -2.21. The van der Waals surface area contributed by atoms with Crippen LogP contribution >= 0.6 is 12.2 Å². The number of aromatic nitrogens is 2. The number of hydrogen-bond donors (Lipinski definition) is 2. The molecule has 0 fully saturated rings. The smallest absolute Gasteiger partial charge is 0.163 e. The highest BCUT2D eigenvalue weighted by Gasteiger charge is 2.15. The topological polar surface area (TPSA) is 73.1 Å². The monoisotopic (exact) mass is 302 g/mol. The Morgan fingerprint density at radius 1 is 1.24 bits per heavy atom. The maximum absolute atomic E-state index is 5.83. The van der Waals surface area contributed by atoms with Crippen molar-refractivity contribution >= 4 is 28.7 Å². The lowest BCUT2D eigenvalue weighted by molar-refractivity contribution is 0.416. The molecule has 1 heterocycles. The predicted molar refractivity (Wildman–Crippen MR) is 88.4 cm³/mol. The van der Waals surface area contributed by atoms with E-state index in [1.165, 1.54) is 0 Å². The van der Waals surface area contributed by atoms with Gasteiger partial charge < -0.3 is 15.8 Å². The first-order chi connectivity index (χ1) is 9.93. The number of nitrogens with two attached hydrogens (primary N) is 1. The number of hydrogen-bond acceptors (Lipinski definition) is 5. The molecule has 6 heteroatoms. The van der Waals surface area contributed by atoms with Gasteiger partial charge in [-0.2, -0.15) is 5.10 Å². The molecule has 2 aromatic rings. The van der Waals surface area contributed by atoms with Gasteiger partial charge in [0.2, 0.25) is 0 Å². The maximum Gasteiger partial charge on any atom is 0.163 e. The zero-order chi connectivity index (χ0) is 15.6. The lowest BCUT2D eigenvalue weighted by Gasteiger charge is -2.15. The number of anilines is 2. The minimum atomic E-state index is 0.291. The second kappa shape index (κ2) is 6.05. The van der Waals surface area contributed by atoms with Crippen molar-refractivity contribution in [3.05, 3.63) is 40.6 Å². The zero-order valence-corrected chi connectivity index (χ0v) is 13.3. The average Bonchev–Trinajstić information content (AvgIpc) is 2.43. The molecule has 21 heavy (non-hydrogen) atoms. The Kier molecular flexibility index (Phi) is 4.37. The van der Waals surface area contributed by atoms with Gasteiger partial charge in [0.1, 0.15) is 10.7 Å². The van der Waals surface area contributed by atoms with E-state index in [2.05, 4.69) is 15.5 Å². The molecule has 2 rings (SSSR count). The van der Waals surface area contributed by atoms with E-state index in [9.17, 15) is 0 Å². The second-order valence-electron chi connectivity index (χ2n) is 4.83. The summed E-state index contributed by atoms with van der Waals surface area (Å²) < 4.78 is 5.35. The second-order valence-corrected chi connectivity index (χ2v) is 5.27. The van der Waals surface area contributed by atoms with Gasteiger partial charge in [-0.05, 0) is 44.0 Å². The fourth-order valence-electron chi connectivity index (χ4n) is 2.04. The van der Waals surface area contributed by atoms with Crippen molar-refractivity contribution in [2.24, 2.45) is 5.73 Å². The third-order valence-electron chi connectivity index (χ3n) is 3.31. The molecule has 0 amide bonds. The first-order valence-electron chi connectivity index (χ1n) is 6.49. The van der Waals surface area contributed by atoms with Crippen molar-refractivity contribution in [1.29, 1.82) is 0 Å². The van der Waals surface area contributed by atoms with Gasteiger partial charge in [-0.3, -0.25) is 0 Å². The van der Waals surface area contributed by atoms with Gasteiger partial charge >= 0.3 is 0 Å². The molecule has 1 aromatic carbocycles. The van der Waals surface area contributed by atoms with Crippen LogP contribution in [-0.4, -0.2) is 22.3 Å². The molecule has 1 aromatic heterocycles. The van der Waals surface area contributed by atoms with Crippen LogP contribution in [-0.2, 0) is 0 Å². The quantitative estimate of drug-likeness (QED) is 0.846. The molecule has 110 valence electrons. The van der Waals surface area contributed by atoms with E-state index < -0.39 is 0 Å². The SMILES string of the molecule is COc1ccc(C)cc1Nc1nnc(C)c(C)c1C(N)=S. The highest BCUT2D eigenvalue weighted by atomic mass is 32.1.